The van der Waals surface area contributed by atoms with Crippen LogP contribution >= 0.6 is 11.3 Å². The van der Waals surface area contributed by atoms with Gasteiger partial charge in [-0.3, -0.25) is 0 Å². The third-order valence-corrected chi connectivity index (χ3v) is 3.82. The molecule has 2 N–H and O–H groups in total. The maximum absolute atomic E-state index is 12.1. The summed E-state index contributed by atoms with van der Waals surface area (Å²) in [5.41, 5.74) is 6.81. The van der Waals surface area contributed by atoms with Crippen LogP contribution in [-0.2, 0) is 4.74 Å². The number of nitrogen functional groups attached to an aromatic ring is 1. The molecule has 5 heteroatoms. The van der Waals surface area contributed by atoms with Gasteiger partial charge >= 0.3 is 5.97 Å². The second kappa shape index (κ2) is 4.98. The van der Waals surface area contributed by atoms with Gasteiger partial charge in [0.05, 0.1) is 5.69 Å². The summed E-state index contributed by atoms with van der Waals surface area (Å²) in [5, 5.41) is 0. The minimum Gasteiger partial charge on any atom is -0.466 e. The van der Waals surface area contributed by atoms with Crippen molar-refractivity contribution in [1.29, 1.82) is 0 Å². The summed E-state index contributed by atoms with van der Waals surface area (Å²) in [6.45, 7) is 9.28. The summed E-state index contributed by atoms with van der Waals surface area (Å²) in [5.74, 6) is 1.27. The zero-order chi connectivity index (χ0) is 15.1. The smallest absolute Gasteiger partial charge is 0.350 e. The van der Waals surface area contributed by atoms with Gasteiger partial charge in [0.15, 0.2) is 0 Å². The Labute approximate surface area is 122 Å². The van der Waals surface area contributed by atoms with E-state index in [-0.39, 0.29) is 5.97 Å². The highest BCUT2D eigenvalue weighted by Gasteiger charge is 2.23. The topological polar surface area (TPSA) is 65.5 Å². The molecule has 2 heterocycles. The van der Waals surface area contributed by atoms with Crippen LogP contribution < -0.4 is 5.73 Å². The van der Waals surface area contributed by atoms with Gasteiger partial charge in [0, 0.05) is 10.4 Å². The molecule has 0 fully saturated rings. The molecule has 0 aliphatic heterocycles. The van der Waals surface area contributed by atoms with Gasteiger partial charge < -0.3 is 14.9 Å². The number of aryl methyl sites for hydroxylation is 2. The lowest BCUT2D eigenvalue weighted by molar-refractivity contribution is 0.00764. The number of carbonyl (C=O) groups is 1. The van der Waals surface area contributed by atoms with Crippen LogP contribution in [0.5, 0.6) is 0 Å². The van der Waals surface area contributed by atoms with Gasteiger partial charge in [-0.05, 0) is 46.8 Å². The Balaban J connectivity index is 2.35. The predicted octanol–water partition coefficient (Wildman–Crippen LogP) is 4.16. The summed E-state index contributed by atoms with van der Waals surface area (Å²) >= 11 is 1.33. The van der Waals surface area contributed by atoms with Crippen molar-refractivity contribution in [3.8, 4) is 10.4 Å². The number of furan rings is 1. The zero-order valence-electron chi connectivity index (χ0n) is 12.4. The SMILES string of the molecule is Cc1cc(-c2cc(N)c(C(=O)OC(C)(C)C)s2)c(C)o1. The molecule has 0 aliphatic carbocycles. The fourth-order valence-electron chi connectivity index (χ4n) is 1.90. The number of hydrogen-bond acceptors (Lipinski definition) is 5. The number of thiophene rings is 1. The molecule has 0 amide bonds. The monoisotopic (exact) mass is 293 g/mol. The minimum atomic E-state index is -0.532. The standard InChI is InChI=1S/C15H19NO3S/c1-8-6-10(9(2)18-8)12-7-11(16)13(20-12)14(17)19-15(3,4)5/h6-7H,16H2,1-5H3. The number of anilines is 1. The van der Waals surface area contributed by atoms with Gasteiger partial charge in [0.25, 0.3) is 0 Å². The van der Waals surface area contributed by atoms with Crippen molar-refractivity contribution in [2.75, 3.05) is 5.73 Å². The van der Waals surface area contributed by atoms with E-state index in [1.807, 2.05) is 40.7 Å². The Morgan fingerprint density at radius 3 is 2.45 bits per heavy atom. The van der Waals surface area contributed by atoms with E-state index in [1.54, 1.807) is 6.07 Å². The second-order valence-corrected chi connectivity index (χ2v) is 6.78. The van der Waals surface area contributed by atoms with Gasteiger partial charge in [-0.2, -0.15) is 0 Å². The van der Waals surface area contributed by atoms with Crippen molar-refractivity contribution in [2.24, 2.45) is 0 Å². The number of esters is 1. The first-order chi connectivity index (χ1) is 9.17. The van der Waals surface area contributed by atoms with Crippen LogP contribution in [0.4, 0.5) is 5.69 Å². The highest BCUT2D eigenvalue weighted by atomic mass is 32.1. The average molecular weight is 293 g/mol. The van der Waals surface area contributed by atoms with E-state index in [2.05, 4.69) is 0 Å². The van der Waals surface area contributed by atoms with Crippen molar-refractivity contribution < 1.29 is 13.9 Å². The molecule has 0 radical (unpaired) electrons. The van der Waals surface area contributed by atoms with Crippen molar-refractivity contribution in [3.63, 3.8) is 0 Å². The maximum Gasteiger partial charge on any atom is 0.350 e. The van der Waals surface area contributed by atoms with Gasteiger partial charge in [-0.15, -0.1) is 11.3 Å². The number of rotatable bonds is 2. The van der Waals surface area contributed by atoms with E-state index in [1.165, 1.54) is 11.3 Å². The molecule has 0 saturated heterocycles. The molecule has 2 rings (SSSR count). The van der Waals surface area contributed by atoms with Crippen molar-refractivity contribution >= 4 is 23.0 Å². The summed E-state index contributed by atoms with van der Waals surface area (Å²) in [7, 11) is 0. The number of hydrogen-bond donors (Lipinski definition) is 1. The fraction of sp³-hybridized carbons (Fsp3) is 0.400. The largest absolute Gasteiger partial charge is 0.466 e. The Bertz CT molecular complexity index is 647. The van der Waals surface area contributed by atoms with E-state index in [0.29, 0.717) is 10.6 Å². The zero-order valence-corrected chi connectivity index (χ0v) is 13.2. The molecule has 108 valence electrons. The van der Waals surface area contributed by atoms with Crippen molar-refractivity contribution in [2.45, 2.75) is 40.2 Å². The highest BCUT2D eigenvalue weighted by Crippen LogP contribution is 2.37. The second-order valence-electron chi connectivity index (χ2n) is 5.72. The Morgan fingerprint density at radius 2 is 1.95 bits per heavy atom. The molecule has 0 bridgehead atoms. The van der Waals surface area contributed by atoms with Crippen LogP contribution in [0.3, 0.4) is 0 Å². The number of nitrogens with two attached hydrogens (primary N) is 1. The summed E-state index contributed by atoms with van der Waals surface area (Å²) < 4.78 is 10.9. The molecule has 0 spiro atoms. The van der Waals surface area contributed by atoms with E-state index in [4.69, 9.17) is 14.9 Å². The van der Waals surface area contributed by atoms with E-state index < -0.39 is 5.60 Å². The molecule has 0 aromatic carbocycles. The van der Waals surface area contributed by atoms with Crippen LogP contribution in [0.2, 0.25) is 0 Å². The summed E-state index contributed by atoms with van der Waals surface area (Å²) in [4.78, 5) is 13.5. The molecule has 2 aromatic heterocycles. The summed E-state index contributed by atoms with van der Waals surface area (Å²) in [6, 6.07) is 3.74. The highest BCUT2D eigenvalue weighted by molar-refractivity contribution is 7.18. The van der Waals surface area contributed by atoms with Gasteiger partial charge in [0.2, 0.25) is 0 Å². The van der Waals surface area contributed by atoms with Crippen molar-refractivity contribution in [1.82, 2.24) is 0 Å². The van der Waals surface area contributed by atoms with Crippen LogP contribution in [0.25, 0.3) is 10.4 Å². The van der Waals surface area contributed by atoms with Crippen LogP contribution in [0, 0.1) is 13.8 Å². The van der Waals surface area contributed by atoms with Crippen LogP contribution in [-0.4, -0.2) is 11.6 Å². The molecule has 0 atom stereocenters. The molecular weight excluding hydrogens is 274 g/mol. The minimum absolute atomic E-state index is 0.385. The van der Waals surface area contributed by atoms with E-state index in [9.17, 15) is 4.79 Å². The van der Waals surface area contributed by atoms with E-state index >= 15 is 0 Å². The first kappa shape index (κ1) is 14.7. The Hall–Kier alpha value is -1.75. The van der Waals surface area contributed by atoms with Gasteiger partial charge in [-0.25, -0.2) is 4.79 Å². The number of ether oxygens (including phenoxy) is 1. The van der Waals surface area contributed by atoms with Crippen LogP contribution in [0.15, 0.2) is 16.5 Å². The molecule has 20 heavy (non-hydrogen) atoms. The quantitative estimate of drug-likeness (QED) is 0.844. The average Bonchev–Trinajstić information content (AvgIpc) is 2.79. The third-order valence-electron chi connectivity index (χ3n) is 2.65. The van der Waals surface area contributed by atoms with Crippen LogP contribution in [0.1, 0.15) is 42.0 Å². The third kappa shape index (κ3) is 3.04. The normalized spacial score (nSPS) is 11.7. The van der Waals surface area contributed by atoms with Crippen molar-refractivity contribution in [3.05, 3.63) is 28.5 Å². The van der Waals surface area contributed by atoms with E-state index in [0.717, 1.165) is 22.0 Å². The molecule has 2 aromatic rings. The molecule has 0 saturated carbocycles. The first-order valence-electron chi connectivity index (χ1n) is 6.37. The lowest BCUT2D eigenvalue weighted by Crippen LogP contribution is -2.23. The number of carbonyl (C=O) groups excluding carboxylic acids is 1. The predicted molar refractivity (Wildman–Crippen MR) is 81.1 cm³/mol. The Morgan fingerprint density at radius 1 is 1.30 bits per heavy atom. The molecule has 4 nitrogen and oxygen atoms in total. The Kier molecular flexibility index (Phi) is 3.65. The first-order valence-corrected chi connectivity index (χ1v) is 7.19. The molecule has 0 unspecified atom stereocenters. The lowest BCUT2D eigenvalue weighted by Gasteiger charge is -2.18. The molecule has 0 aliphatic rings. The maximum atomic E-state index is 12.1. The fourth-order valence-corrected chi connectivity index (χ4v) is 2.92. The van der Waals surface area contributed by atoms with Gasteiger partial charge in [0.1, 0.15) is 22.0 Å². The molecular formula is C15H19NO3S. The lowest BCUT2D eigenvalue weighted by atomic mass is 10.2. The van der Waals surface area contributed by atoms with Gasteiger partial charge in [-0.1, -0.05) is 0 Å². The summed E-state index contributed by atoms with van der Waals surface area (Å²) in [6.07, 6.45) is 0.